The second-order valence-corrected chi connectivity index (χ2v) is 2.51. The maximum Gasteiger partial charge on any atom is 0.232 e. The summed E-state index contributed by atoms with van der Waals surface area (Å²) in [6.45, 7) is 1.38. The van der Waals surface area contributed by atoms with Gasteiger partial charge in [-0.25, -0.2) is 0 Å². The molecule has 12 heavy (non-hydrogen) atoms. The van der Waals surface area contributed by atoms with Gasteiger partial charge in [-0.2, -0.15) is 0 Å². The predicted molar refractivity (Wildman–Crippen MR) is 44.7 cm³/mol. The summed E-state index contributed by atoms with van der Waals surface area (Å²) in [5.74, 6) is 0.185. The van der Waals surface area contributed by atoms with E-state index in [9.17, 15) is 9.59 Å². The van der Waals surface area contributed by atoms with Crippen LogP contribution in [0.5, 0.6) is 0 Å². The molecule has 1 rings (SSSR count). The van der Waals surface area contributed by atoms with Gasteiger partial charge in [-0.15, -0.1) is 0 Å². The molecule has 1 amide bonds. The average Bonchev–Trinajstić information content (AvgIpc) is 2.37. The van der Waals surface area contributed by atoms with E-state index in [0.29, 0.717) is 5.82 Å². The van der Waals surface area contributed by atoms with Crippen LogP contribution < -0.4 is 5.32 Å². The van der Waals surface area contributed by atoms with E-state index in [1.807, 2.05) is 0 Å². The van der Waals surface area contributed by atoms with Crippen molar-refractivity contribution in [2.24, 2.45) is 0 Å². The van der Waals surface area contributed by atoms with Crippen molar-refractivity contribution in [2.75, 3.05) is 5.32 Å². The van der Waals surface area contributed by atoms with Gasteiger partial charge >= 0.3 is 0 Å². The number of H-pyrrole nitrogens is 1. The molecular weight excluding hydrogens is 156 g/mol. The molecule has 0 atom stereocenters. The number of aromatic amines is 1. The lowest BCUT2D eigenvalue weighted by Gasteiger charge is -1.98. The number of amides is 1. The SMILES string of the molecule is CC(=O)CC(=O)Nc1ccc[nH]1. The van der Waals surface area contributed by atoms with E-state index in [4.69, 9.17) is 0 Å². The number of anilines is 1. The van der Waals surface area contributed by atoms with E-state index < -0.39 is 0 Å². The molecule has 2 N–H and O–H groups in total. The lowest BCUT2D eigenvalue weighted by Crippen LogP contribution is -2.14. The molecule has 64 valence electrons. The van der Waals surface area contributed by atoms with Gasteiger partial charge in [0, 0.05) is 6.20 Å². The fourth-order valence-electron chi connectivity index (χ4n) is 0.829. The minimum absolute atomic E-state index is 0.0704. The molecule has 0 aliphatic rings. The molecule has 1 heterocycles. The maximum atomic E-state index is 11.0. The molecule has 0 fully saturated rings. The molecule has 1 aromatic heterocycles. The van der Waals surface area contributed by atoms with Gasteiger partial charge in [0.05, 0.1) is 6.42 Å². The molecule has 0 radical (unpaired) electrons. The molecule has 0 bridgehead atoms. The maximum absolute atomic E-state index is 11.0. The first-order valence-corrected chi connectivity index (χ1v) is 3.61. The lowest BCUT2D eigenvalue weighted by atomic mass is 10.3. The number of Topliss-reactive ketones (excluding diaryl/α,β-unsaturated/α-hetero) is 1. The molecule has 0 aromatic carbocycles. The fraction of sp³-hybridized carbons (Fsp3) is 0.250. The molecule has 0 saturated heterocycles. The van der Waals surface area contributed by atoms with Crippen molar-refractivity contribution >= 4 is 17.5 Å². The lowest BCUT2D eigenvalue weighted by molar-refractivity contribution is -0.124. The van der Waals surface area contributed by atoms with E-state index in [-0.39, 0.29) is 18.1 Å². The van der Waals surface area contributed by atoms with Crippen LogP contribution in [-0.4, -0.2) is 16.7 Å². The monoisotopic (exact) mass is 166 g/mol. The highest BCUT2D eigenvalue weighted by molar-refractivity contribution is 6.03. The highest BCUT2D eigenvalue weighted by atomic mass is 16.2. The topological polar surface area (TPSA) is 62.0 Å². The number of nitrogens with one attached hydrogen (secondary N) is 2. The first-order chi connectivity index (χ1) is 5.68. The normalized spacial score (nSPS) is 9.42. The van der Waals surface area contributed by atoms with Crippen molar-refractivity contribution in [3.63, 3.8) is 0 Å². The van der Waals surface area contributed by atoms with Crippen molar-refractivity contribution in [3.05, 3.63) is 18.3 Å². The van der Waals surface area contributed by atoms with Gasteiger partial charge in [0.25, 0.3) is 0 Å². The van der Waals surface area contributed by atoms with Gasteiger partial charge in [0.1, 0.15) is 11.6 Å². The second kappa shape index (κ2) is 3.71. The number of ketones is 1. The Hall–Kier alpha value is -1.58. The van der Waals surface area contributed by atoms with Crippen LogP contribution in [-0.2, 0) is 9.59 Å². The first-order valence-electron chi connectivity index (χ1n) is 3.61. The summed E-state index contributed by atoms with van der Waals surface area (Å²) in [5, 5.41) is 2.54. The third-order valence-corrected chi connectivity index (χ3v) is 1.28. The predicted octanol–water partition coefficient (Wildman–Crippen LogP) is 0.932. The zero-order valence-electron chi connectivity index (χ0n) is 6.76. The molecule has 0 saturated carbocycles. The quantitative estimate of drug-likeness (QED) is 0.656. The average molecular weight is 166 g/mol. The van der Waals surface area contributed by atoms with Gasteiger partial charge in [0.15, 0.2) is 0 Å². The molecule has 4 heteroatoms. The van der Waals surface area contributed by atoms with Gasteiger partial charge in [-0.3, -0.25) is 9.59 Å². The molecule has 0 aliphatic heterocycles. The molecule has 4 nitrogen and oxygen atoms in total. The molecule has 0 unspecified atom stereocenters. The Bertz CT molecular complexity index is 277. The smallest absolute Gasteiger partial charge is 0.232 e. The highest BCUT2D eigenvalue weighted by Crippen LogP contribution is 2.01. The Morgan fingerprint density at radius 2 is 2.33 bits per heavy atom. The van der Waals surface area contributed by atoms with Crippen LogP contribution in [0.4, 0.5) is 5.82 Å². The van der Waals surface area contributed by atoms with Gasteiger partial charge in [-0.05, 0) is 19.1 Å². The van der Waals surface area contributed by atoms with Crippen LogP contribution in [0.1, 0.15) is 13.3 Å². The van der Waals surface area contributed by atoms with Gasteiger partial charge < -0.3 is 10.3 Å². The number of hydrogen-bond acceptors (Lipinski definition) is 2. The first kappa shape index (κ1) is 8.52. The van der Waals surface area contributed by atoms with Crippen molar-refractivity contribution < 1.29 is 9.59 Å². The minimum Gasteiger partial charge on any atom is -0.348 e. The van der Waals surface area contributed by atoms with Crippen LogP contribution in [0.2, 0.25) is 0 Å². The number of aromatic nitrogens is 1. The van der Waals surface area contributed by atoms with E-state index in [1.54, 1.807) is 18.3 Å². The third kappa shape index (κ3) is 2.57. The van der Waals surface area contributed by atoms with Crippen molar-refractivity contribution in [1.82, 2.24) is 4.98 Å². The van der Waals surface area contributed by atoms with E-state index in [0.717, 1.165) is 0 Å². The van der Waals surface area contributed by atoms with Crippen molar-refractivity contribution in [3.8, 4) is 0 Å². The second-order valence-electron chi connectivity index (χ2n) is 2.51. The summed E-state index contributed by atoms with van der Waals surface area (Å²) < 4.78 is 0. The summed E-state index contributed by atoms with van der Waals surface area (Å²) in [6.07, 6.45) is 1.63. The van der Waals surface area contributed by atoms with Crippen LogP contribution in [0, 0.1) is 0 Å². The van der Waals surface area contributed by atoms with Gasteiger partial charge in [-0.1, -0.05) is 0 Å². The van der Waals surface area contributed by atoms with Gasteiger partial charge in [0.2, 0.25) is 5.91 Å². The summed E-state index contributed by atoms with van der Waals surface area (Å²) in [6, 6.07) is 3.49. The minimum atomic E-state index is -0.287. The van der Waals surface area contributed by atoms with Crippen LogP contribution in [0.3, 0.4) is 0 Å². The summed E-state index contributed by atoms with van der Waals surface area (Å²) in [4.78, 5) is 24.3. The third-order valence-electron chi connectivity index (χ3n) is 1.28. The van der Waals surface area contributed by atoms with Crippen LogP contribution >= 0.6 is 0 Å². The molecular formula is C8H10N2O2. The van der Waals surface area contributed by atoms with Crippen LogP contribution in [0.25, 0.3) is 0 Å². The summed E-state index contributed by atoms with van der Waals surface area (Å²) in [7, 11) is 0. The Labute approximate surface area is 70.0 Å². The number of rotatable bonds is 3. The van der Waals surface area contributed by atoms with Crippen LogP contribution in [0.15, 0.2) is 18.3 Å². The van der Waals surface area contributed by atoms with Crippen molar-refractivity contribution in [2.45, 2.75) is 13.3 Å². The Kier molecular flexibility index (Phi) is 2.63. The van der Waals surface area contributed by atoms with Crippen molar-refractivity contribution in [1.29, 1.82) is 0 Å². The number of hydrogen-bond donors (Lipinski definition) is 2. The largest absolute Gasteiger partial charge is 0.348 e. The Morgan fingerprint density at radius 3 is 2.83 bits per heavy atom. The molecule has 0 aliphatic carbocycles. The summed E-state index contributed by atoms with van der Waals surface area (Å²) in [5.41, 5.74) is 0. The summed E-state index contributed by atoms with van der Waals surface area (Å²) >= 11 is 0. The fourth-order valence-corrected chi connectivity index (χ4v) is 0.829. The standard InChI is InChI=1S/C8H10N2O2/c1-6(11)5-8(12)10-7-3-2-4-9-7/h2-4,9H,5H2,1H3,(H,10,12). The van der Waals surface area contributed by atoms with E-state index in [2.05, 4.69) is 10.3 Å². The molecule has 0 spiro atoms. The Balaban J connectivity index is 2.42. The number of carbonyl (C=O) groups excluding carboxylic acids is 2. The number of carbonyl (C=O) groups is 2. The van der Waals surface area contributed by atoms with E-state index >= 15 is 0 Å². The van der Waals surface area contributed by atoms with E-state index in [1.165, 1.54) is 6.92 Å². The zero-order valence-corrected chi connectivity index (χ0v) is 6.76. The Morgan fingerprint density at radius 1 is 1.58 bits per heavy atom. The highest BCUT2D eigenvalue weighted by Gasteiger charge is 2.04. The molecule has 1 aromatic rings. The zero-order chi connectivity index (χ0) is 8.97.